The molecule has 2 rings (SSSR count). The van der Waals surface area contributed by atoms with Crippen molar-refractivity contribution >= 4 is 21.9 Å². The van der Waals surface area contributed by atoms with Gasteiger partial charge in [0.05, 0.1) is 13.0 Å². The Morgan fingerprint density at radius 2 is 2.29 bits per heavy atom. The van der Waals surface area contributed by atoms with E-state index in [0.717, 1.165) is 10.9 Å². The number of esters is 1. The summed E-state index contributed by atoms with van der Waals surface area (Å²) in [6.45, 7) is 0.552. The molecule has 1 saturated heterocycles. The third-order valence-electron chi connectivity index (χ3n) is 2.46. The van der Waals surface area contributed by atoms with Crippen LogP contribution in [0.15, 0.2) is 28.7 Å². The second-order valence-electron chi connectivity index (χ2n) is 3.47. The van der Waals surface area contributed by atoms with Crippen LogP contribution in [0.1, 0.15) is 24.3 Å². The lowest BCUT2D eigenvalue weighted by molar-refractivity contribution is -0.147. The number of ether oxygens (including phenoxy) is 1. The molecule has 1 heterocycles. The first-order chi connectivity index (χ1) is 6.75. The molecule has 1 atom stereocenters. The van der Waals surface area contributed by atoms with Crippen molar-refractivity contribution in [2.75, 3.05) is 6.61 Å². The Hall–Kier alpha value is -0.830. The van der Waals surface area contributed by atoms with Gasteiger partial charge in [0.1, 0.15) is 0 Å². The zero-order chi connectivity index (χ0) is 9.97. The number of halogens is 1. The molecule has 1 aromatic carbocycles. The molecule has 0 amide bonds. The largest absolute Gasteiger partial charge is 0.466 e. The maximum Gasteiger partial charge on any atom is 0.306 e. The minimum Gasteiger partial charge on any atom is -0.466 e. The predicted molar refractivity (Wildman–Crippen MR) is 57.1 cm³/mol. The van der Waals surface area contributed by atoms with Gasteiger partial charge in [-0.3, -0.25) is 4.79 Å². The normalized spacial score (nSPS) is 21.8. The standard InChI is InChI=1S/C11H11BrO2/c12-10-3-1-2-8(6-10)9-4-5-14-11(13)7-9/h1-3,6,9H,4-5,7H2/t9-/m1/s1. The zero-order valence-electron chi connectivity index (χ0n) is 7.70. The molecule has 1 aromatic rings. The lowest BCUT2D eigenvalue weighted by atomic mass is 9.92. The highest BCUT2D eigenvalue weighted by Crippen LogP contribution is 2.28. The van der Waals surface area contributed by atoms with E-state index in [2.05, 4.69) is 28.1 Å². The Balaban J connectivity index is 2.17. The number of carbonyl (C=O) groups excluding carboxylic acids is 1. The Morgan fingerprint density at radius 1 is 1.43 bits per heavy atom. The number of hydrogen-bond acceptors (Lipinski definition) is 2. The van der Waals surface area contributed by atoms with Gasteiger partial charge in [-0.25, -0.2) is 0 Å². The Labute approximate surface area is 91.4 Å². The van der Waals surface area contributed by atoms with E-state index in [4.69, 9.17) is 4.74 Å². The molecule has 0 aliphatic carbocycles. The Kier molecular flexibility index (Phi) is 2.87. The molecule has 1 aliphatic heterocycles. The first kappa shape index (κ1) is 9.71. The van der Waals surface area contributed by atoms with E-state index in [1.165, 1.54) is 5.56 Å². The fourth-order valence-corrected chi connectivity index (χ4v) is 2.14. The molecular weight excluding hydrogens is 244 g/mol. The summed E-state index contributed by atoms with van der Waals surface area (Å²) in [5, 5.41) is 0. The van der Waals surface area contributed by atoms with Crippen LogP contribution >= 0.6 is 15.9 Å². The number of benzene rings is 1. The molecule has 1 fully saturated rings. The highest BCUT2D eigenvalue weighted by molar-refractivity contribution is 9.10. The SMILES string of the molecule is O=C1C[C@H](c2cccc(Br)c2)CCO1. The number of cyclic esters (lactones) is 1. The smallest absolute Gasteiger partial charge is 0.306 e. The molecule has 0 saturated carbocycles. The molecule has 0 bridgehead atoms. The van der Waals surface area contributed by atoms with Gasteiger partial charge in [-0.15, -0.1) is 0 Å². The van der Waals surface area contributed by atoms with Gasteiger partial charge >= 0.3 is 5.97 Å². The minimum atomic E-state index is -0.0822. The highest BCUT2D eigenvalue weighted by Gasteiger charge is 2.21. The number of carbonyl (C=O) groups is 1. The Morgan fingerprint density at radius 3 is 3.00 bits per heavy atom. The molecule has 0 aromatic heterocycles. The van der Waals surface area contributed by atoms with Crippen molar-refractivity contribution in [3.8, 4) is 0 Å². The molecule has 0 radical (unpaired) electrons. The maximum absolute atomic E-state index is 11.1. The fraction of sp³-hybridized carbons (Fsp3) is 0.364. The summed E-state index contributed by atoms with van der Waals surface area (Å²) < 4.78 is 5.97. The summed E-state index contributed by atoms with van der Waals surface area (Å²) in [6.07, 6.45) is 1.44. The molecule has 1 aliphatic rings. The summed E-state index contributed by atoms with van der Waals surface area (Å²) in [5.74, 6) is 0.245. The summed E-state index contributed by atoms with van der Waals surface area (Å²) >= 11 is 3.43. The third-order valence-corrected chi connectivity index (χ3v) is 2.96. The van der Waals surface area contributed by atoms with Crippen LogP contribution in [0.3, 0.4) is 0 Å². The minimum absolute atomic E-state index is 0.0822. The van der Waals surface area contributed by atoms with Crippen molar-refractivity contribution in [3.05, 3.63) is 34.3 Å². The first-order valence-corrected chi connectivity index (χ1v) is 5.46. The van der Waals surface area contributed by atoms with Gasteiger partial charge in [0.25, 0.3) is 0 Å². The van der Waals surface area contributed by atoms with Crippen molar-refractivity contribution in [3.63, 3.8) is 0 Å². The van der Waals surface area contributed by atoms with E-state index in [1.54, 1.807) is 0 Å². The molecule has 2 nitrogen and oxygen atoms in total. The topological polar surface area (TPSA) is 26.3 Å². The first-order valence-electron chi connectivity index (χ1n) is 4.67. The van der Waals surface area contributed by atoms with E-state index in [1.807, 2.05) is 12.1 Å². The van der Waals surface area contributed by atoms with Gasteiger partial charge in [-0.2, -0.15) is 0 Å². The monoisotopic (exact) mass is 254 g/mol. The summed E-state index contributed by atoms with van der Waals surface area (Å²) in [7, 11) is 0. The van der Waals surface area contributed by atoms with Gasteiger partial charge in [0.2, 0.25) is 0 Å². The van der Waals surface area contributed by atoms with Crippen LogP contribution in [0.5, 0.6) is 0 Å². The van der Waals surface area contributed by atoms with Gasteiger partial charge in [0.15, 0.2) is 0 Å². The van der Waals surface area contributed by atoms with Crippen LogP contribution in [0.25, 0.3) is 0 Å². The molecule has 0 unspecified atom stereocenters. The average Bonchev–Trinajstić information content (AvgIpc) is 2.18. The number of hydrogen-bond donors (Lipinski definition) is 0. The van der Waals surface area contributed by atoms with Crippen LogP contribution in [0.4, 0.5) is 0 Å². The predicted octanol–water partition coefficient (Wildman–Crippen LogP) is 2.87. The van der Waals surface area contributed by atoms with Crippen molar-refractivity contribution in [2.24, 2.45) is 0 Å². The van der Waals surface area contributed by atoms with Gasteiger partial charge in [-0.05, 0) is 30.0 Å². The lowest BCUT2D eigenvalue weighted by Crippen LogP contribution is -2.19. The van der Waals surface area contributed by atoms with Crippen molar-refractivity contribution < 1.29 is 9.53 Å². The van der Waals surface area contributed by atoms with Crippen molar-refractivity contribution in [1.82, 2.24) is 0 Å². The molecule has 14 heavy (non-hydrogen) atoms. The molecule has 74 valence electrons. The van der Waals surface area contributed by atoms with E-state index in [9.17, 15) is 4.79 Å². The van der Waals surface area contributed by atoms with Gasteiger partial charge < -0.3 is 4.74 Å². The second kappa shape index (κ2) is 4.13. The lowest BCUT2D eigenvalue weighted by Gasteiger charge is -2.21. The van der Waals surface area contributed by atoms with Crippen molar-refractivity contribution in [2.45, 2.75) is 18.8 Å². The number of rotatable bonds is 1. The molecule has 0 spiro atoms. The average molecular weight is 255 g/mol. The summed E-state index contributed by atoms with van der Waals surface area (Å²) in [4.78, 5) is 11.1. The van der Waals surface area contributed by atoms with Crippen LogP contribution < -0.4 is 0 Å². The van der Waals surface area contributed by atoms with E-state index >= 15 is 0 Å². The van der Waals surface area contributed by atoms with Crippen LogP contribution in [0.2, 0.25) is 0 Å². The Bertz CT molecular complexity index is 349. The maximum atomic E-state index is 11.1. The van der Waals surface area contributed by atoms with E-state index < -0.39 is 0 Å². The van der Waals surface area contributed by atoms with Crippen LogP contribution in [-0.2, 0) is 9.53 Å². The fourth-order valence-electron chi connectivity index (χ4n) is 1.72. The van der Waals surface area contributed by atoms with Crippen LogP contribution in [0, 0.1) is 0 Å². The molecular formula is C11H11BrO2. The quantitative estimate of drug-likeness (QED) is 0.721. The summed E-state index contributed by atoms with van der Waals surface area (Å²) in [5.41, 5.74) is 1.22. The highest BCUT2D eigenvalue weighted by atomic mass is 79.9. The van der Waals surface area contributed by atoms with E-state index in [-0.39, 0.29) is 5.97 Å². The van der Waals surface area contributed by atoms with E-state index in [0.29, 0.717) is 18.9 Å². The molecule has 0 N–H and O–H groups in total. The second-order valence-corrected chi connectivity index (χ2v) is 4.38. The molecule has 3 heteroatoms. The van der Waals surface area contributed by atoms with Gasteiger partial charge in [-0.1, -0.05) is 28.1 Å². The van der Waals surface area contributed by atoms with Crippen molar-refractivity contribution in [1.29, 1.82) is 0 Å². The van der Waals surface area contributed by atoms with Crippen LogP contribution in [-0.4, -0.2) is 12.6 Å². The van der Waals surface area contributed by atoms with Gasteiger partial charge in [0, 0.05) is 4.47 Å². The third kappa shape index (κ3) is 2.15. The summed E-state index contributed by atoms with van der Waals surface area (Å²) in [6, 6.07) is 8.13. The zero-order valence-corrected chi connectivity index (χ0v) is 9.29.